The van der Waals surface area contributed by atoms with Crippen molar-refractivity contribution in [1.82, 2.24) is 10.2 Å². The molecule has 3 nitrogen and oxygen atoms in total. The molecule has 1 heterocycles. The summed E-state index contributed by atoms with van der Waals surface area (Å²) in [5, 5.41) is 7.98. The van der Waals surface area contributed by atoms with E-state index in [-0.39, 0.29) is 0 Å². The molecular formula is C8H7IN2O. The van der Waals surface area contributed by atoms with Gasteiger partial charge in [-0.1, -0.05) is 6.07 Å². The molecule has 1 aromatic heterocycles. The van der Waals surface area contributed by atoms with Crippen molar-refractivity contribution >= 4 is 33.5 Å². The average molecular weight is 274 g/mol. The number of methoxy groups -OCH3 is 1. The minimum atomic E-state index is 0.662. The largest absolute Gasteiger partial charge is 0.479 e. The molecule has 0 saturated heterocycles. The van der Waals surface area contributed by atoms with Crippen molar-refractivity contribution in [3.8, 4) is 5.88 Å². The SMILES string of the molecule is COc1n[nH]c2cccc(I)c12. The first-order valence-electron chi connectivity index (χ1n) is 3.49. The standard InChI is InChI=1S/C8H7IN2O/c1-12-8-7-5(9)3-2-4-6(7)10-11-8/h2-4H,1H3,(H,10,11). The normalized spacial score (nSPS) is 10.5. The number of aromatic amines is 1. The lowest BCUT2D eigenvalue weighted by Gasteiger charge is -1.95. The van der Waals surface area contributed by atoms with Crippen LogP contribution in [0.25, 0.3) is 10.9 Å². The summed E-state index contributed by atoms with van der Waals surface area (Å²) in [6.45, 7) is 0. The molecule has 0 unspecified atom stereocenters. The van der Waals surface area contributed by atoms with Crippen molar-refractivity contribution in [2.75, 3.05) is 7.11 Å². The van der Waals surface area contributed by atoms with E-state index in [1.807, 2.05) is 18.2 Å². The van der Waals surface area contributed by atoms with Crippen LogP contribution in [0.1, 0.15) is 0 Å². The third-order valence-corrected chi connectivity index (χ3v) is 2.60. The van der Waals surface area contributed by atoms with Gasteiger partial charge in [0.2, 0.25) is 5.88 Å². The van der Waals surface area contributed by atoms with E-state index in [1.165, 1.54) is 0 Å². The fraction of sp³-hybridized carbons (Fsp3) is 0.125. The van der Waals surface area contributed by atoms with Crippen LogP contribution in [-0.2, 0) is 0 Å². The van der Waals surface area contributed by atoms with E-state index in [0.29, 0.717) is 5.88 Å². The molecule has 0 radical (unpaired) electrons. The Bertz CT molecular complexity index is 410. The van der Waals surface area contributed by atoms with Crippen LogP contribution in [-0.4, -0.2) is 17.3 Å². The maximum absolute atomic E-state index is 5.10. The predicted octanol–water partition coefficient (Wildman–Crippen LogP) is 2.18. The summed E-state index contributed by atoms with van der Waals surface area (Å²) in [7, 11) is 1.62. The van der Waals surface area contributed by atoms with Crippen molar-refractivity contribution in [3.63, 3.8) is 0 Å². The lowest BCUT2D eigenvalue weighted by Crippen LogP contribution is -1.83. The Morgan fingerprint density at radius 3 is 3.08 bits per heavy atom. The molecule has 62 valence electrons. The molecule has 2 aromatic rings. The van der Waals surface area contributed by atoms with Gasteiger partial charge in [-0.3, -0.25) is 5.10 Å². The van der Waals surface area contributed by atoms with Crippen LogP contribution in [0.5, 0.6) is 5.88 Å². The predicted molar refractivity (Wildman–Crippen MR) is 55.4 cm³/mol. The fourth-order valence-electron chi connectivity index (χ4n) is 1.15. The Morgan fingerprint density at radius 1 is 1.50 bits per heavy atom. The van der Waals surface area contributed by atoms with Crippen LogP contribution in [0.2, 0.25) is 0 Å². The average Bonchev–Trinajstić information content (AvgIpc) is 2.49. The summed E-state index contributed by atoms with van der Waals surface area (Å²) < 4.78 is 6.25. The van der Waals surface area contributed by atoms with Crippen LogP contribution in [0.15, 0.2) is 18.2 Å². The molecule has 0 fully saturated rings. The second-order valence-electron chi connectivity index (χ2n) is 2.40. The second-order valence-corrected chi connectivity index (χ2v) is 3.56. The third kappa shape index (κ3) is 1.06. The number of nitrogens with zero attached hydrogens (tertiary/aromatic N) is 1. The second kappa shape index (κ2) is 2.93. The Labute approximate surface area is 83.3 Å². The van der Waals surface area contributed by atoms with E-state index < -0.39 is 0 Å². The summed E-state index contributed by atoms with van der Waals surface area (Å²) >= 11 is 2.26. The Kier molecular flexibility index (Phi) is 1.92. The highest BCUT2D eigenvalue weighted by Gasteiger charge is 2.07. The van der Waals surface area contributed by atoms with Crippen LogP contribution in [0.3, 0.4) is 0 Å². The summed E-state index contributed by atoms with van der Waals surface area (Å²) in [4.78, 5) is 0. The van der Waals surface area contributed by atoms with Gasteiger partial charge in [0, 0.05) is 3.57 Å². The molecule has 2 rings (SSSR count). The van der Waals surface area contributed by atoms with Crippen molar-refractivity contribution in [2.24, 2.45) is 0 Å². The van der Waals surface area contributed by atoms with Gasteiger partial charge in [0.15, 0.2) is 0 Å². The van der Waals surface area contributed by atoms with Crippen LogP contribution >= 0.6 is 22.6 Å². The Hall–Kier alpha value is -0.780. The number of ether oxygens (including phenoxy) is 1. The fourth-order valence-corrected chi connectivity index (χ4v) is 1.88. The minimum Gasteiger partial charge on any atom is -0.479 e. The van der Waals surface area contributed by atoms with E-state index in [2.05, 4.69) is 32.8 Å². The number of benzene rings is 1. The summed E-state index contributed by atoms with van der Waals surface area (Å²) in [5.74, 6) is 0.662. The molecule has 4 heteroatoms. The monoisotopic (exact) mass is 274 g/mol. The van der Waals surface area contributed by atoms with Gasteiger partial charge in [0.25, 0.3) is 0 Å². The number of nitrogens with one attached hydrogen (secondary N) is 1. The topological polar surface area (TPSA) is 37.9 Å². The molecule has 1 aromatic carbocycles. The first kappa shape index (κ1) is 7.85. The molecule has 0 atom stereocenters. The van der Waals surface area contributed by atoms with E-state index in [4.69, 9.17) is 4.74 Å². The summed E-state index contributed by atoms with van der Waals surface area (Å²) in [6, 6.07) is 6.00. The summed E-state index contributed by atoms with van der Waals surface area (Å²) in [5.41, 5.74) is 1.01. The zero-order chi connectivity index (χ0) is 8.55. The number of hydrogen-bond acceptors (Lipinski definition) is 2. The van der Waals surface area contributed by atoms with Gasteiger partial charge in [-0.15, -0.1) is 5.10 Å². The Balaban J connectivity index is 2.83. The number of H-pyrrole nitrogens is 1. The maximum atomic E-state index is 5.10. The molecule has 0 bridgehead atoms. The number of aromatic nitrogens is 2. The highest BCUT2D eigenvalue weighted by molar-refractivity contribution is 14.1. The van der Waals surface area contributed by atoms with Crippen molar-refractivity contribution in [2.45, 2.75) is 0 Å². The highest BCUT2D eigenvalue weighted by atomic mass is 127. The number of rotatable bonds is 1. The molecular weight excluding hydrogens is 267 g/mol. The number of hydrogen-bond donors (Lipinski definition) is 1. The van der Waals surface area contributed by atoms with Crippen LogP contribution < -0.4 is 4.74 Å². The minimum absolute atomic E-state index is 0.662. The van der Waals surface area contributed by atoms with E-state index in [9.17, 15) is 0 Å². The zero-order valence-corrected chi connectivity index (χ0v) is 8.62. The number of halogens is 1. The van der Waals surface area contributed by atoms with Gasteiger partial charge < -0.3 is 4.74 Å². The van der Waals surface area contributed by atoms with Crippen molar-refractivity contribution < 1.29 is 4.74 Å². The lowest BCUT2D eigenvalue weighted by molar-refractivity contribution is 0.401. The molecule has 0 aliphatic heterocycles. The van der Waals surface area contributed by atoms with Gasteiger partial charge in [0.05, 0.1) is 18.0 Å². The van der Waals surface area contributed by atoms with Crippen LogP contribution in [0.4, 0.5) is 0 Å². The van der Waals surface area contributed by atoms with Gasteiger partial charge in [0.1, 0.15) is 0 Å². The summed E-state index contributed by atoms with van der Waals surface area (Å²) in [6.07, 6.45) is 0. The molecule has 1 N–H and O–H groups in total. The van der Waals surface area contributed by atoms with E-state index in [1.54, 1.807) is 7.11 Å². The van der Waals surface area contributed by atoms with E-state index >= 15 is 0 Å². The first-order valence-corrected chi connectivity index (χ1v) is 4.57. The quantitative estimate of drug-likeness (QED) is 0.809. The lowest BCUT2D eigenvalue weighted by atomic mass is 10.2. The van der Waals surface area contributed by atoms with Crippen molar-refractivity contribution in [1.29, 1.82) is 0 Å². The Morgan fingerprint density at radius 2 is 2.33 bits per heavy atom. The molecule has 0 saturated carbocycles. The van der Waals surface area contributed by atoms with Crippen LogP contribution in [0, 0.1) is 3.57 Å². The highest BCUT2D eigenvalue weighted by Crippen LogP contribution is 2.26. The van der Waals surface area contributed by atoms with Gasteiger partial charge in [-0.25, -0.2) is 0 Å². The van der Waals surface area contributed by atoms with Gasteiger partial charge in [-0.2, -0.15) is 0 Å². The molecule has 0 aliphatic rings. The van der Waals surface area contributed by atoms with Gasteiger partial charge >= 0.3 is 0 Å². The smallest absolute Gasteiger partial charge is 0.241 e. The molecule has 0 aliphatic carbocycles. The molecule has 12 heavy (non-hydrogen) atoms. The zero-order valence-electron chi connectivity index (χ0n) is 6.47. The van der Waals surface area contributed by atoms with Crippen molar-refractivity contribution in [3.05, 3.63) is 21.8 Å². The number of fused-ring (bicyclic) bond motifs is 1. The first-order chi connectivity index (χ1) is 5.83. The maximum Gasteiger partial charge on any atom is 0.241 e. The van der Waals surface area contributed by atoms with Gasteiger partial charge in [-0.05, 0) is 34.7 Å². The molecule has 0 amide bonds. The molecule has 0 spiro atoms. The van der Waals surface area contributed by atoms with E-state index in [0.717, 1.165) is 14.5 Å². The third-order valence-electron chi connectivity index (χ3n) is 1.70.